The topological polar surface area (TPSA) is 35.2 Å². The third-order valence-electron chi connectivity index (χ3n) is 3.01. The van der Waals surface area contributed by atoms with Crippen LogP contribution in [0.3, 0.4) is 0 Å². The standard InChI is InChI=1S/C16H18BrNOS/c1-11(18)16(12-7-3-4-8-13(12)17)19-14-9-5-6-10-15(14)20-2/h3-11,16H,18H2,1-2H3. The zero-order valence-corrected chi connectivity index (χ0v) is 13.9. The zero-order valence-electron chi connectivity index (χ0n) is 11.5. The number of ether oxygens (including phenoxy) is 1. The highest BCUT2D eigenvalue weighted by molar-refractivity contribution is 9.10. The Hall–Kier alpha value is -0.970. The third kappa shape index (κ3) is 3.57. The molecule has 0 bridgehead atoms. The van der Waals surface area contributed by atoms with Crippen LogP contribution in [0.2, 0.25) is 0 Å². The highest BCUT2D eigenvalue weighted by Crippen LogP contribution is 2.34. The Morgan fingerprint density at radius 2 is 1.75 bits per heavy atom. The molecule has 20 heavy (non-hydrogen) atoms. The van der Waals surface area contributed by atoms with Gasteiger partial charge >= 0.3 is 0 Å². The van der Waals surface area contributed by atoms with Crippen LogP contribution < -0.4 is 10.5 Å². The van der Waals surface area contributed by atoms with Crippen LogP contribution >= 0.6 is 27.7 Å². The monoisotopic (exact) mass is 351 g/mol. The molecule has 2 N–H and O–H groups in total. The molecule has 2 nitrogen and oxygen atoms in total. The van der Waals surface area contributed by atoms with E-state index in [1.807, 2.05) is 55.6 Å². The number of hydrogen-bond acceptors (Lipinski definition) is 3. The van der Waals surface area contributed by atoms with Gasteiger partial charge in [0.2, 0.25) is 0 Å². The van der Waals surface area contributed by atoms with E-state index in [0.29, 0.717) is 0 Å². The maximum absolute atomic E-state index is 6.19. The summed E-state index contributed by atoms with van der Waals surface area (Å²) in [6.45, 7) is 1.96. The first kappa shape index (κ1) is 15.4. The van der Waals surface area contributed by atoms with Gasteiger partial charge in [-0.3, -0.25) is 0 Å². The van der Waals surface area contributed by atoms with Gasteiger partial charge in [0.1, 0.15) is 11.9 Å². The Labute approximate surface area is 132 Å². The zero-order chi connectivity index (χ0) is 14.5. The molecule has 2 unspecified atom stereocenters. The molecule has 0 aromatic heterocycles. The van der Waals surface area contributed by atoms with Gasteiger partial charge in [-0.15, -0.1) is 11.8 Å². The van der Waals surface area contributed by atoms with Crippen LogP contribution in [0.1, 0.15) is 18.6 Å². The molecule has 0 heterocycles. The summed E-state index contributed by atoms with van der Waals surface area (Å²) in [5.74, 6) is 0.873. The minimum Gasteiger partial charge on any atom is -0.483 e. The lowest BCUT2D eigenvalue weighted by molar-refractivity contribution is 0.175. The highest BCUT2D eigenvalue weighted by atomic mass is 79.9. The first-order valence-electron chi connectivity index (χ1n) is 6.43. The van der Waals surface area contributed by atoms with Gasteiger partial charge < -0.3 is 10.5 Å². The van der Waals surface area contributed by atoms with Crippen LogP contribution in [0.15, 0.2) is 57.9 Å². The second kappa shape index (κ2) is 7.16. The highest BCUT2D eigenvalue weighted by Gasteiger charge is 2.21. The van der Waals surface area contributed by atoms with E-state index in [1.165, 1.54) is 0 Å². The lowest BCUT2D eigenvalue weighted by Gasteiger charge is -2.25. The van der Waals surface area contributed by atoms with Crippen LogP contribution in [0.25, 0.3) is 0 Å². The summed E-state index contributed by atoms with van der Waals surface area (Å²) in [6, 6.07) is 16.0. The molecule has 0 saturated heterocycles. The Kier molecular flexibility index (Phi) is 5.52. The number of halogens is 1. The van der Waals surface area contributed by atoms with Crippen molar-refractivity contribution in [3.63, 3.8) is 0 Å². The van der Waals surface area contributed by atoms with Crippen molar-refractivity contribution in [2.24, 2.45) is 5.73 Å². The normalized spacial score (nSPS) is 13.8. The molecule has 106 valence electrons. The second-order valence-corrected chi connectivity index (χ2v) is 6.27. The quantitative estimate of drug-likeness (QED) is 0.797. The average molecular weight is 352 g/mol. The largest absolute Gasteiger partial charge is 0.483 e. The minimum atomic E-state index is -0.182. The van der Waals surface area contributed by atoms with Gasteiger partial charge in [-0.1, -0.05) is 46.3 Å². The van der Waals surface area contributed by atoms with E-state index in [4.69, 9.17) is 10.5 Å². The van der Waals surface area contributed by atoms with E-state index in [0.717, 1.165) is 20.7 Å². The Morgan fingerprint density at radius 1 is 1.10 bits per heavy atom. The fourth-order valence-corrected chi connectivity index (χ4v) is 3.06. The molecule has 0 amide bonds. The van der Waals surface area contributed by atoms with E-state index in [-0.39, 0.29) is 12.1 Å². The van der Waals surface area contributed by atoms with Crippen LogP contribution in [0, 0.1) is 0 Å². The lowest BCUT2D eigenvalue weighted by atomic mass is 10.0. The second-order valence-electron chi connectivity index (χ2n) is 4.57. The van der Waals surface area contributed by atoms with Crippen molar-refractivity contribution in [3.8, 4) is 5.75 Å². The van der Waals surface area contributed by atoms with E-state index < -0.39 is 0 Å². The molecular weight excluding hydrogens is 334 g/mol. The van der Waals surface area contributed by atoms with Gasteiger partial charge in [0.05, 0.1) is 0 Å². The van der Waals surface area contributed by atoms with Crippen molar-refractivity contribution in [2.75, 3.05) is 6.26 Å². The van der Waals surface area contributed by atoms with E-state index in [9.17, 15) is 0 Å². The van der Waals surface area contributed by atoms with Crippen molar-refractivity contribution in [3.05, 3.63) is 58.6 Å². The van der Waals surface area contributed by atoms with Crippen LogP contribution in [0.5, 0.6) is 5.75 Å². The summed E-state index contributed by atoms with van der Waals surface area (Å²) in [5.41, 5.74) is 7.19. The molecule has 0 radical (unpaired) electrons. The van der Waals surface area contributed by atoms with Crippen molar-refractivity contribution < 1.29 is 4.74 Å². The number of benzene rings is 2. The SMILES string of the molecule is CSc1ccccc1OC(c1ccccc1Br)C(C)N. The maximum atomic E-state index is 6.19. The molecule has 0 fully saturated rings. The lowest BCUT2D eigenvalue weighted by Crippen LogP contribution is -2.29. The summed E-state index contributed by atoms with van der Waals surface area (Å²) in [4.78, 5) is 1.12. The summed E-state index contributed by atoms with van der Waals surface area (Å²) in [7, 11) is 0. The van der Waals surface area contributed by atoms with Gasteiger partial charge in [-0.25, -0.2) is 0 Å². The first-order chi connectivity index (χ1) is 9.63. The molecule has 2 aromatic carbocycles. The first-order valence-corrected chi connectivity index (χ1v) is 8.45. The van der Waals surface area contributed by atoms with Gasteiger partial charge in [-0.05, 0) is 31.4 Å². The molecule has 0 aliphatic heterocycles. The Balaban J connectivity index is 2.34. The molecule has 0 aliphatic rings. The predicted molar refractivity (Wildman–Crippen MR) is 89.4 cm³/mol. The smallest absolute Gasteiger partial charge is 0.140 e. The fourth-order valence-electron chi connectivity index (χ4n) is 2.01. The third-order valence-corrected chi connectivity index (χ3v) is 4.51. The Bertz CT molecular complexity index is 574. The molecule has 0 aliphatic carbocycles. The van der Waals surface area contributed by atoms with E-state index in [1.54, 1.807) is 11.8 Å². The van der Waals surface area contributed by atoms with Crippen LogP contribution in [-0.4, -0.2) is 12.3 Å². The maximum Gasteiger partial charge on any atom is 0.140 e. The molecule has 0 saturated carbocycles. The number of thioether (sulfide) groups is 1. The van der Waals surface area contributed by atoms with Crippen LogP contribution in [0.4, 0.5) is 0 Å². The van der Waals surface area contributed by atoms with Gasteiger partial charge in [0, 0.05) is 21.0 Å². The molecular formula is C16H18BrNOS. The molecule has 2 aromatic rings. The average Bonchev–Trinajstić information content (AvgIpc) is 2.46. The molecule has 0 spiro atoms. The number of rotatable bonds is 5. The van der Waals surface area contributed by atoms with Gasteiger partial charge in [0.25, 0.3) is 0 Å². The summed E-state index contributed by atoms with van der Waals surface area (Å²) >= 11 is 5.24. The molecule has 4 heteroatoms. The van der Waals surface area contributed by atoms with E-state index in [2.05, 4.69) is 22.0 Å². The fraction of sp³-hybridized carbons (Fsp3) is 0.250. The van der Waals surface area contributed by atoms with Gasteiger partial charge in [-0.2, -0.15) is 0 Å². The van der Waals surface area contributed by atoms with Gasteiger partial charge in [0.15, 0.2) is 0 Å². The molecule has 2 atom stereocenters. The molecule has 2 rings (SSSR count). The summed E-state index contributed by atoms with van der Waals surface area (Å²) in [5, 5.41) is 0. The van der Waals surface area contributed by atoms with Crippen molar-refractivity contribution >= 4 is 27.7 Å². The Morgan fingerprint density at radius 3 is 2.40 bits per heavy atom. The minimum absolute atomic E-state index is 0.108. The summed E-state index contributed by atoms with van der Waals surface area (Å²) in [6.07, 6.45) is 1.86. The summed E-state index contributed by atoms with van der Waals surface area (Å²) < 4.78 is 7.21. The number of hydrogen-bond donors (Lipinski definition) is 1. The van der Waals surface area contributed by atoms with E-state index >= 15 is 0 Å². The van der Waals surface area contributed by atoms with Crippen molar-refractivity contribution in [1.82, 2.24) is 0 Å². The van der Waals surface area contributed by atoms with Crippen LogP contribution in [-0.2, 0) is 0 Å². The number of para-hydroxylation sites is 1. The predicted octanol–water partition coefficient (Wildman–Crippen LogP) is 4.64. The van der Waals surface area contributed by atoms with Crippen molar-refractivity contribution in [2.45, 2.75) is 24.0 Å². The number of nitrogens with two attached hydrogens (primary N) is 1. The van der Waals surface area contributed by atoms with Crippen molar-refractivity contribution in [1.29, 1.82) is 0 Å².